The number of rotatable bonds is 7. The van der Waals surface area contributed by atoms with Crippen molar-refractivity contribution in [3.8, 4) is 5.75 Å². The van der Waals surface area contributed by atoms with Crippen molar-refractivity contribution >= 4 is 12.4 Å². The predicted octanol–water partition coefficient (Wildman–Crippen LogP) is 3.56. The maximum absolute atomic E-state index is 5.45. The van der Waals surface area contributed by atoms with Gasteiger partial charge in [0.25, 0.3) is 0 Å². The molecule has 0 aliphatic rings. The lowest BCUT2D eigenvalue weighted by Gasteiger charge is -2.19. The number of halogens is 1. The summed E-state index contributed by atoms with van der Waals surface area (Å²) in [7, 11) is 4.24. The van der Waals surface area contributed by atoms with Gasteiger partial charge in [-0.1, -0.05) is 24.8 Å². The second-order valence-electron chi connectivity index (χ2n) is 4.59. The van der Waals surface area contributed by atoms with Crippen LogP contribution < -0.4 is 4.74 Å². The Hall–Kier alpha value is -0.990. The Bertz CT molecular complexity index is 335. The zero-order chi connectivity index (χ0) is 12.7. The van der Waals surface area contributed by atoms with Gasteiger partial charge >= 0.3 is 0 Å². The van der Waals surface area contributed by atoms with Gasteiger partial charge in [-0.15, -0.1) is 12.4 Å². The molecule has 1 rings (SSSR count). The van der Waals surface area contributed by atoms with E-state index in [9.17, 15) is 0 Å². The summed E-state index contributed by atoms with van der Waals surface area (Å²) < 4.78 is 5.45. The molecule has 0 aliphatic heterocycles. The van der Waals surface area contributed by atoms with E-state index in [0.717, 1.165) is 12.2 Å². The van der Waals surface area contributed by atoms with E-state index >= 15 is 0 Å². The first-order valence-electron chi connectivity index (χ1n) is 6.12. The molecule has 1 aromatic rings. The molecule has 0 bridgehead atoms. The monoisotopic (exact) mass is 269 g/mol. The number of hydrogen-bond donors (Lipinski definition) is 0. The van der Waals surface area contributed by atoms with Crippen LogP contribution in [0.1, 0.15) is 18.9 Å². The molecular weight excluding hydrogens is 246 g/mol. The summed E-state index contributed by atoms with van der Waals surface area (Å²) in [5.41, 5.74) is 1.37. The van der Waals surface area contributed by atoms with Crippen LogP contribution in [0, 0.1) is 0 Å². The lowest BCUT2D eigenvalue weighted by Crippen LogP contribution is -2.24. The third-order valence-electron chi connectivity index (χ3n) is 3.02. The van der Waals surface area contributed by atoms with Crippen molar-refractivity contribution in [1.82, 2.24) is 4.90 Å². The summed E-state index contributed by atoms with van der Waals surface area (Å²) in [6, 6.07) is 8.95. The molecule has 0 aromatic heterocycles. The number of ether oxygens (including phenoxy) is 1. The fourth-order valence-corrected chi connectivity index (χ4v) is 1.54. The van der Waals surface area contributed by atoms with E-state index in [1.165, 1.54) is 12.0 Å². The molecule has 0 amide bonds. The number of hydrogen-bond acceptors (Lipinski definition) is 2. The smallest absolute Gasteiger partial charge is 0.119 e. The van der Waals surface area contributed by atoms with Gasteiger partial charge in [0.05, 0.1) is 0 Å². The zero-order valence-corrected chi connectivity index (χ0v) is 12.4. The molecule has 2 nitrogen and oxygen atoms in total. The van der Waals surface area contributed by atoms with Gasteiger partial charge in [0.15, 0.2) is 0 Å². The van der Waals surface area contributed by atoms with Gasteiger partial charge in [0.2, 0.25) is 0 Å². The van der Waals surface area contributed by atoms with Crippen molar-refractivity contribution in [2.75, 3.05) is 20.7 Å². The average Bonchev–Trinajstić information content (AvgIpc) is 2.34. The van der Waals surface area contributed by atoms with Crippen molar-refractivity contribution in [3.05, 3.63) is 42.5 Å². The predicted molar refractivity (Wildman–Crippen MR) is 80.9 cm³/mol. The Labute approximate surface area is 117 Å². The highest BCUT2D eigenvalue weighted by atomic mass is 35.5. The Kier molecular flexibility index (Phi) is 8.51. The van der Waals surface area contributed by atoms with Gasteiger partial charge in [-0.25, -0.2) is 0 Å². The topological polar surface area (TPSA) is 12.5 Å². The molecule has 0 saturated carbocycles. The Morgan fingerprint density at radius 2 is 1.89 bits per heavy atom. The van der Waals surface area contributed by atoms with E-state index in [1.807, 2.05) is 12.1 Å². The largest absolute Gasteiger partial charge is 0.490 e. The van der Waals surface area contributed by atoms with Crippen LogP contribution in [0.2, 0.25) is 0 Å². The Morgan fingerprint density at radius 1 is 1.28 bits per heavy atom. The van der Waals surface area contributed by atoms with E-state index in [4.69, 9.17) is 4.74 Å². The first kappa shape index (κ1) is 17.0. The van der Waals surface area contributed by atoms with Crippen LogP contribution in [-0.2, 0) is 6.42 Å². The standard InChI is InChI=1S/C15H23NO.ClH/c1-5-12-17-15-10-8-14(9-11-15)7-6-13(2)16(3)4;/h5,8-11,13H,1,6-7,12H2,2-4H3;1H. The van der Waals surface area contributed by atoms with Crippen LogP contribution in [0.25, 0.3) is 0 Å². The summed E-state index contributed by atoms with van der Waals surface area (Å²) in [6.45, 7) is 6.45. The number of aryl methyl sites for hydroxylation is 1. The van der Waals surface area contributed by atoms with Gasteiger partial charge in [0, 0.05) is 6.04 Å². The normalized spacial score (nSPS) is 11.8. The van der Waals surface area contributed by atoms with Crippen LogP contribution in [-0.4, -0.2) is 31.6 Å². The van der Waals surface area contributed by atoms with Gasteiger partial charge in [-0.05, 0) is 51.6 Å². The van der Waals surface area contributed by atoms with Crippen LogP contribution in [0.15, 0.2) is 36.9 Å². The Balaban J connectivity index is 0.00000289. The van der Waals surface area contributed by atoms with Crippen molar-refractivity contribution < 1.29 is 4.74 Å². The fourth-order valence-electron chi connectivity index (χ4n) is 1.54. The summed E-state index contributed by atoms with van der Waals surface area (Å²) in [5.74, 6) is 0.911. The van der Waals surface area contributed by atoms with E-state index in [2.05, 4.69) is 44.6 Å². The molecule has 3 heteroatoms. The van der Waals surface area contributed by atoms with E-state index < -0.39 is 0 Å². The molecule has 0 radical (unpaired) electrons. The maximum atomic E-state index is 5.45. The van der Waals surface area contributed by atoms with Crippen molar-refractivity contribution in [1.29, 1.82) is 0 Å². The molecule has 0 heterocycles. The molecule has 1 atom stereocenters. The van der Waals surface area contributed by atoms with E-state index in [0.29, 0.717) is 12.6 Å². The molecule has 0 saturated heterocycles. The quantitative estimate of drug-likeness (QED) is 0.702. The minimum Gasteiger partial charge on any atom is -0.490 e. The van der Waals surface area contributed by atoms with Gasteiger partial charge in [0.1, 0.15) is 12.4 Å². The molecule has 0 fully saturated rings. The molecule has 102 valence electrons. The van der Waals surface area contributed by atoms with Gasteiger partial charge < -0.3 is 9.64 Å². The van der Waals surface area contributed by atoms with Gasteiger partial charge in [-0.2, -0.15) is 0 Å². The highest BCUT2D eigenvalue weighted by molar-refractivity contribution is 5.85. The summed E-state index contributed by atoms with van der Waals surface area (Å²) in [4.78, 5) is 2.25. The van der Waals surface area contributed by atoms with Crippen molar-refractivity contribution in [2.24, 2.45) is 0 Å². The summed E-state index contributed by atoms with van der Waals surface area (Å²) in [5, 5.41) is 0. The second-order valence-corrected chi connectivity index (χ2v) is 4.59. The minimum atomic E-state index is 0. The first-order valence-corrected chi connectivity index (χ1v) is 6.12. The fraction of sp³-hybridized carbons (Fsp3) is 0.467. The molecule has 0 spiro atoms. The lowest BCUT2D eigenvalue weighted by molar-refractivity contribution is 0.299. The third-order valence-corrected chi connectivity index (χ3v) is 3.02. The van der Waals surface area contributed by atoms with E-state index in [-0.39, 0.29) is 12.4 Å². The number of nitrogens with zero attached hydrogens (tertiary/aromatic N) is 1. The molecule has 1 unspecified atom stereocenters. The minimum absolute atomic E-state index is 0. The zero-order valence-electron chi connectivity index (χ0n) is 11.6. The van der Waals surface area contributed by atoms with Crippen LogP contribution >= 0.6 is 12.4 Å². The van der Waals surface area contributed by atoms with Crippen LogP contribution in [0.3, 0.4) is 0 Å². The van der Waals surface area contributed by atoms with E-state index in [1.54, 1.807) is 6.08 Å². The average molecular weight is 270 g/mol. The number of benzene rings is 1. The molecule has 1 aromatic carbocycles. The van der Waals surface area contributed by atoms with Crippen LogP contribution in [0.5, 0.6) is 5.75 Å². The summed E-state index contributed by atoms with van der Waals surface area (Å²) >= 11 is 0. The molecule has 18 heavy (non-hydrogen) atoms. The van der Waals surface area contributed by atoms with Crippen molar-refractivity contribution in [3.63, 3.8) is 0 Å². The highest BCUT2D eigenvalue weighted by Gasteiger charge is 2.04. The third kappa shape index (κ3) is 6.08. The SMILES string of the molecule is C=CCOc1ccc(CCC(C)N(C)C)cc1.Cl. The highest BCUT2D eigenvalue weighted by Crippen LogP contribution is 2.14. The molecule has 0 aliphatic carbocycles. The molecular formula is C15H24ClNO. The first-order chi connectivity index (χ1) is 8.13. The molecule has 0 N–H and O–H groups in total. The van der Waals surface area contributed by atoms with Gasteiger partial charge in [-0.3, -0.25) is 0 Å². The Morgan fingerprint density at radius 3 is 2.39 bits per heavy atom. The van der Waals surface area contributed by atoms with Crippen molar-refractivity contribution in [2.45, 2.75) is 25.8 Å². The second kappa shape index (κ2) is 9.01. The summed E-state index contributed by atoms with van der Waals surface area (Å²) in [6.07, 6.45) is 4.05. The maximum Gasteiger partial charge on any atom is 0.119 e. The lowest BCUT2D eigenvalue weighted by atomic mass is 10.1. The van der Waals surface area contributed by atoms with Crippen LogP contribution in [0.4, 0.5) is 0 Å².